The topological polar surface area (TPSA) is 105 Å². The van der Waals surface area contributed by atoms with E-state index in [0.717, 1.165) is 0 Å². The Balaban J connectivity index is 3.21. The minimum absolute atomic E-state index is 0.167. The maximum absolute atomic E-state index is 11.4. The quantitative estimate of drug-likeness (QED) is 0.793. The second-order valence-corrected chi connectivity index (χ2v) is 4.57. The SMILES string of the molecule is CCN(CCOC)c1sc(C#N)c(N)c1C(N)=O. The average Bonchev–Trinajstić information content (AvgIpc) is 2.67. The fraction of sp³-hybridized carbons (Fsp3) is 0.455. The Morgan fingerprint density at radius 1 is 1.61 bits per heavy atom. The Bertz CT molecular complexity index is 478. The van der Waals surface area contributed by atoms with Crippen molar-refractivity contribution < 1.29 is 9.53 Å². The van der Waals surface area contributed by atoms with Gasteiger partial charge in [0.15, 0.2) is 0 Å². The number of nitrogen functional groups attached to an aromatic ring is 1. The van der Waals surface area contributed by atoms with Crippen LogP contribution < -0.4 is 16.4 Å². The molecule has 0 radical (unpaired) electrons. The lowest BCUT2D eigenvalue weighted by Crippen LogP contribution is -2.28. The van der Waals surface area contributed by atoms with Gasteiger partial charge in [0, 0.05) is 20.2 Å². The van der Waals surface area contributed by atoms with E-state index in [-0.39, 0.29) is 11.3 Å². The molecule has 0 aliphatic rings. The highest BCUT2D eigenvalue weighted by Crippen LogP contribution is 2.37. The monoisotopic (exact) mass is 268 g/mol. The van der Waals surface area contributed by atoms with E-state index in [4.69, 9.17) is 21.5 Å². The number of primary amides is 1. The molecule has 6 nitrogen and oxygen atoms in total. The van der Waals surface area contributed by atoms with E-state index < -0.39 is 5.91 Å². The van der Waals surface area contributed by atoms with Gasteiger partial charge in [0.05, 0.1) is 17.9 Å². The van der Waals surface area contributed by atoms with Crippen molar-refractivity contribution in [1.29, 1.82) is 5.26 Å². The highest BCUT2D eigenvalue weighted by Gasteiger charge is 2.23. The van der Waals surface area contributed by atoms with Gasteiger partial charge in [0.2, 0.25) is 0 Å². The predicted octanol–water partition coefficient (Wildman–Crippen LogP) is 0.774. The number of ether oxygens (including phenoxy) is 1. The first-order valence-electron chi connectivity index (χ1n) is 5.42. The third-order valence-electron chi connectivity index (χ3n) is 2.51. The molecule has 0 saturated heterocycles. The first-order valence-corrected chi connectivity index (χ1v) is 6.24. The molecule has 1 rings (SSSR count). The number of rotatable bonds is 6. The molecule has 0 aliphatic carbocycles. The highest BCUT2D eigenvalue weighted by atomic mass is 32.1. The van der Waals surface area contributed by atoms with Crippen LogP contribution in [0.15, 0.2) is 0 Å². The molecule has 0 unspecified atom stereocenters. The van der Waals surface area contributed by atoms with E-state index in [0.29, 0.717) is 29.6 Å². The van der Waals surface area contributed by atoms with E-state index in [9.17, 15) is 4.79 Å². The number of nitrogens with two attached hydrogens (primary N) is 2. The number of thiophene rings is 1. The summed E-state index contributed by atoms with van der Waals surface area (Å²) >= 11 is 1.18. The zero-order valence-electron chi connectivity index (χ0n) is 10.4. The summed E-state index contributed by atoms with van der Waals surface area (Å²) in [6.07, 6.45) is 0. The average molecular weight is 268 g/mol. The molecule has 1 heterocycles. The Hall–Kier alpha value is -1.78. The number of methoxy groups -OCH3 is 1. The lowest BCUT2D eigenvalue weighted by atomic mass is 10.2. The maximum Gasteiger partial charge on any atom is 0.253 e. The smallest absolute Gasteiger partial charge is 0.253 e. The Morgan fingerprint density at radius 2 is 2.28 bits per heavy atom. The number of likely N-dealkylation sites (N-methyl/N-ethyl adjacent to an activating group) is 1. The molecule has 0 aromatic carbocycles. The van der Waals surface area contributed by atoms with Gasteiger partial charge in [-0.05, 0) is 6.92 Å². The number of hydrogen-bond donors (Lipinski definition) is 2. The molecule has 1 aromatic rings. The molecule has 18 heavy (non-hydrogen) atoms. The number of nitrogens with zero attached hydrogens (tertiary/aromatic N) is 2. The molecule has 0 atom stereocenters. The number of nitriles is 1. The van der Waals surface area contributed by atoms with Crippen LogP contribution in [-0.2, 0) is 4.74 Å². The molecule has 1 amide bonds. The molecule has 0 spiro atoms. The molecular weight excluding hydrogens is 252 g/mol. The summed E-state index contributed by atoms with van der Waals surface area (Å²) in [7, 11) is 1.60. The lowest BCUT2D eigenvalue weighted by molar-refractivity contribution is 0.100. The standard InChI is InChI=1S/C11H16N4O2S/c1-3-15(4-5-17-2)11-8(10(14)16)9(13)7(6-12)18-11/h3-5,13H2,1-2H3,(H2,14,16). The lowest BCUT2D eigenvalue weighted by Gasteiger charge is -2.21. The van der Waals surface area contributed by atoms with Crippen molar-refractivity contribution in [2.75, 3.05) is 37.4 Å². The predicted molar refractivity (Wildman–Crippen MR) is 71.7 cm³/mol. The van der Waals surface area contributed by atoms with Crippen LogP contribution in [0, 0.1) is 11.3 Å². The molecule has 7 heteroatoms. The van der Waals surface area contributed by atoms with Gasteiger partial charge in [-0.25, -0.2) is 0 Å². The van der Waals surface area contributed by atoms with Crippen molar-refractivity contribution in [3.63, 3.8) is 0 Å². The van der Waals surface area contributed by atoms with Crippen LogP contribution in [0.3, 0.4) is 0 Å². The second kappa shape index (κ2) is 6.23. The van der Waals surface area contributed by atoms with E-state index in [2.05, 4.69) is 0 Å². The summed E-state index contributed by atoms with van der Waals surface area (Å²) < 4.78 is 5.01. The molecule has 0 saturated carbocycles. The van der Waals surface area contributed by atoms with Gasteiger partial charge in [-0.2, -0.15) is 5.26 Å². The van der Waals surface area contributed by atoms with E-state index in [1.807, 2.05) is 17.9 Å². The van der Waals surface area contributed by atoms with Crippen LogP contribution in [0.25, 0.3) is 0 Å². The number of amides is 1. The van der Waals surface area contributed by atoms with Gasteiger partial charge < -0.3 is 21.1 Å². The zero-order chi connectivity index (χ0) is 13.7. The van der Waals surface area contributed by atoms with Gasteiger partial charge in [-0.1, -0.05) is 0 Å². The van der Waals surface area contributed by atoms with E-state index in [1.54, 1.807) is 7.11 Å². The van der Waals surface area contributed by atoms with Crippen molar-refractivity contribution in [2.45, 2.75) is 6.92 Å². The summed E-state index contributed by atoms with van der Waals surface area (Å²) in [6, 6.07) is 1.97. The molecule has 0 fully saturated rings. The largest absolute Gasteiger partial charge is 0.396 e. The summed E-state index contributed by atoms with van der Waals surface area (Å²) in [6.45, 7) is 3.75. The number of hydrogen-bond acceptors (Lipinski definition) is 6. The fourth-order valence-corrected chi connectivity index (χ4v) is 2.69. The summed E-state index contributed by atoms with van der Waals surface area (Å²) in [5.41, 5.74) is 11.5. The van der Waals surface area contributed by atoms with Gasteiger partial charge in [0.1, 0.15) is 15.9 Å². The van der Waals surface area contributed by atoms with Crippen LogP contribution in [0.2, 0.25) is 0 Å². The third-order valence-corrected chi connectivity index (χ3v) is 3.68. The first kappa shape index (κ1) is 14.3. The van der Waals surface area contributed by atoms with Crippen LogP contribution in [0.5, 0.6) is 0 Å². The van der Waals surface area contributed by atoms with Gasteiger partial charge >= 0.3 is 0 Å². The Morgan fingerprint density at radius 3 is 2.72 bits per heavy atom. The summed E-state index contributed by atoms with van der Waals surface area (Å²) in [5, 5.41) is 9.59. The Labute approximate surface area is 110 Å². The van der Waals surface area contributed by atoms with Crippen molar-refractivity contribution in [2.24, 2.45) is 5.73 Å². The third kappa shape index (κ3) is 2.72. The van der Waals surface area contributed by atoms with Crippen LogP contribution in [0.1, 0.15) is 22.2 Å². The van der Waals surface area contributed by atoms with Gasteiger partial charge in [-0.15, -0.1) is 11.3 Å². The first-order chi connectivity index (χ1) is 8.56. The minimum Gasteiger partial charge on any atom is -0.396 e. The van der Waals surface area contributed by atoms with Crippen LogP contribution in [-0.4, -0.2) is 32.7 Å². The van der Waals surface area contributed by atoms with E-state index >= 15 is 0 Å². The number of anilines is 2. The van der Waals surface area contributed by atoms with Crippen LogP contribution in [0.4, 0.5) is 10.7 Å². The van der Waals surface area contributed by atoms with Crippen LogP contribution >= 0.6 is 11.3 Å². The van der Waals surface area contributed by atoms with Crippen molar-refractivity contribution in [3.05, 3.63) is 10.4 Å². The van der Waals surface area contributed by atoms with E-state index in [1.165, 1.54) is 11.3 Å². The maximum atomic E-state index is 11.4. The molecular formula is C11H16N4O2S. The zero-order valence-corrected chi connectivity index (χ0v) is 11.2. The Kier molecular flexibility index (Phi) is 4.95. The summed E-state index contributed by atoms with van der Waals surface area (Å²) in [5.74, 6) is -0.615. The van der Waals surface area contributed by atoms with Crippen molar-refractivity contribution in [1.82, 2.24) is 0 Å². The molecule has 0 bridgehead atoms. The molecule has 0 aliphatic heterocycles. The number of carbonyl (C=O) groups is 1. The second-order valence-electron chi connectivity index (χ2n) is 3.57. The molecule has 98 valence electrons. The molecule has 1 aromatic heterocycles. The normalized spacial score (nSPS) is 10.1. The highest BCUT2D eigenvalue weighted by molar-refractivity contribution is 7.17. The summed E-state index contributed by atoms with van der Waals surface area (Å²) in [4.78, 5) is 13.7. The molecule has 4 N–H and O–H groups in total. The van der Waals surface area contributed by atoms with Crippen molar-refractivity contribution >= 4 is 27.9 Å². The minimum atomic E-state index is -0.615. The van der Waals surface area contributed by atoms with Crippen molar-refractivity contribution in [3.8, 4) is 6.07 Å². The fourth-order valence-electron chi connectivity index (χ4n) is 1.58. The van der Waals surface area contributed by atoms with Gasteiger partial charge in [0.25, 0.3) is 5.91 Å². The number of carbonyl (C=O) groups excluding carboxylic acids is 1. The van der Waals surface area contributed by atoms with Gasteiger partial charge in [-0.3, -0.25) is 4.79 Å².